The van der Waals surface area contributed by atoms with E-state index >= 15 is 0 Å². The van der Waals surface area contributed by atoms with Crippen molar-refractivity contribution in [2.75, 3.05) is 7.05 Å². The number of carbonyl (C=O) groups is 2. The highest BCUT2D eigenvalue weighted by Crippen LogP contribution is 2.13. The van der Waals surface area contributed by atoms with Gasteiger partial charge in [0.25, 0.3) is 5.91 Å². The van der Waals surface area contributed by atoms with Gasteiger partial charge in [-0.05, 0) is 24.6 Å². The number of ether oxygens (including phenoxy) is 1. The number of amides is 2. The van der Waals surface area contributed by atoms with Crippen molar-refractivity contribution in [3.05, 3.63) is 47.5 Å². The second-order valence-electron chi connectivity index (χ2n) is 5.07. The van der Waals surface area contributed by atoms with E-state index in [9.17, 15) is 14.0 Å². The van der Waals surface area contributed by atoms with Crippen LogP contribution in [0.25, 0.3) is 0 Å². The van der Waals surface area contributed by atoms with E-state index in [1.54, 1.807) is 19.1 Å². The number of rotatable bonds is 7. The van der Waals surface area contributed by atoms with Crippen molar-refractivity contribution in [1.82, 2.24) is 20.8 Å². The number of H-pyrrole nitrogens is 1. The summed E-state index contributed by atoms with van der Waals surface area (Å²) in [7, 11) is 1.51. The van der Waals surface area contributed by atoms with Gasteiger partial charge < -0.3 is 15.4 Å². The first-order valence-electron chi connectivity index (χ1n) is 7.48. The maximum absolute atomic E-state index is 13.1. The highest BCUT2D eigenvalue weighted by atomic mass is 19.1. The van der Waals surface area contributed by atoms with Crippen molar-refractivity contribution in [2.45, 2.75) is 26.0 Å². The van der Waals surface area contributed by atoms with Crippen LogP contribution in [0, 0.1) is 5.82 Å². The van der Waals surface area contributed by atoms with Gasteiger partial charge in [-0.25, -0.2) is 4.39 Å². The second kappa shape index (κ2) is 8.09. The predicted molar refractivity (Wildman–Crippen MR) is 84.9 cm³/mol. The van der Waals surface area contributed by atoms with E-state index in [0.717, 1.165) is 0 Å². The zero-order valence-electron chi connectivity index (χ0n) is 13.4. The summed E-state index contributed by atoms with van der Waals surface area (Å²) in [4.78, 5) is 23.7. The van der Waals surface area contributed by atoms with Crippen molar-refractivity contribution in [1.29, 1.82) is 0 Å². The lowest BCUT2D eigenvalue weighted by Crippen LogP contribution is -2.45. The van der Waals surface area contributed by atoms with Crippen LogP contribution < -0.4 is 15.4 Å². The second-order valence-corrected chi connectivity index (χ2v) is 5.07. The first-order valence-corrected chi connectivity index (χ1v) is 7.48. The van der Waals surface area contributed by atoms with Gasteiger partial charge in [0.05, 0.1) is 5.69 Å². The fourth-order valence-electron chi connectivity index (χ4n) is 2.03. The van der Waals surface area contributed by atoms with Gasteiger partial charge in [-0.15, -0.1) is 0 Å². The first-order chi connectivity index (χ1) is 11.5. The van der Waals surface area contributed by atoms with E-state index in [0.29, 0.717) is 17.9 Å². The quantitative estimate of drug-likeness (QED) is 0.713. The largest absolute Gasteiger partial charge is 0.487 e. The van der Waals surface area contributed by atoms with Gasteiger partial charge in [0, 0.05) is 13.1 Å². The number of hydrogen-bond donors (Lipinski definition) is 3. The Labute approximate surface area is 138 Å². The van der Waals surface area contributed by atoms with Crippen molar-refractivity contribution in [2.24, 2.45) is 0 Å². The summed E-state index contributed by atoms with van der Waals surface area (Å²) in [6.07, 6.45) is 0.464. The number of nitrogens with zero attached hydrogens (tertiary/aromatic N) is 1. The zero-order chi connectivity index (χ0) is 17.5. The Hall–Kier alpha value is -2.90. The molecule has 3 N–H and O–H groups in total. The summed E-state index contributed by atoms with van der Waals surface area (Å²) >= 11 is 0. The van der Waals surface area contributed by atoms with E-state index in [1.807, 2.05) is 0 Å². The minimum Gasteiger partial charge on any atom is -0.487 e. The molecule has 1 heterocycles. The molecule has 0 spiro atoms. The molecule has 0 aliphatic carbocycles. The monoisotopic (exact) mass is 334 g/mol. The summed E-state index contributed by atoms with van der Waals surface area (Å²) in [5.41, 5.74) is 0.701. The lowest BCUT2D eigenvalue weighted by molar-refractivity contribution is -0.122. The summed E-state index contributed by atoms with van der Waals surface area (Å²) in [6, 6.07) is 6.65. The zero-order valence-corrected chi connectivity index (χ0v) is 13.4. The minimum atomic E-state index is -0.619. The molecule has 2 rings (SSSR count). The summed E-state index contributed by atoms with van der Waals surface area (Å²) in [5, 5.41) is 11.7. The first kappa shape index (κ1) is 17.5. The molecule has 0 aliphatic rings. The molecule has 2 aromatic rings. The van der Waals surface area contributed by atoms with Crippen LogP contribution in [-0.4, -0.2) is 35.1 Å². The maximum atomic E-state index is 13.1. The number of aromatic nitrogens is 2. The molecule has 1 aromatic carbocycles. The molecule has 0 radical (unpaired) electrons. The number of carbonyl (C=O) groups excluding carboxylic acids is 2. The maximum Gasteiger partial charge on any atom is 0.272 e. The molecule has 2 amide bonds. The van der Waals surface area contributed by atoms with Crippen LogP contribution in [-0.2, 0) is 11.4 Å². The normalized spacial score (nSPS) is 11.6. The van der Waals surface area contributed by atoms with E-state index in [1.165, 1.54) is 25.2 Å². The van der Waals surface area contributed by atoms with Gasteiger partial charge in [0.1, 0.15) is 29.9 Å². The highest BCUT2D eigenvalue weighted by Gasteiger charge is 2.20. The van der Waals surface area contributed by atoms with Gasteiger partial charge in [0.15, 0.2) is 0 Å². The number of hydrogen-bond acceptors (Lipinski definition) is 4. The van der Waals surface area contributed by atoms with Crippen LogP contribution in [0.5, 0.6) is 5.75 Å². The van der Waals surface area contributed by atoms with Gasteiger partial charge in [-0.1, -0.05) is 13.0 Å². The third-order valence-electron chi connectivity index (χ3n) is 3.33. The molecule has 0 unspecified atom stereocenters. The fraction of sp³-hybridized carbons (Fsp3) is 0.312. The number of likely N-dealkylation sites (N-methyl/N-ethyl adjacent to an activating group) is 1. The lowest BCUT2D eigenvalue weighted by Gasteiger charge is -2.14. The van der Waals surface area contributed by atoms with Gasteiger partial charge in [-0.3, -0.25) is 14.7 Å². The Kier molecular flexibility index (Phi) is 5.89. The molecule has 0 aliphatic heterocycles. The molecule has 1 aromatic heterocycles. The van der Waals surface area contributed by atoms with Crippen molar-refractivity contribution in [3.8, 4) is 5.75 Å². The molecule has 0 saturated carbocycles. The van der Waals surface area contributed by atoms with Crippen LogP contribution in [0.1, 0.15) is 29.5 Å². The molecular weight excluding hydrogens is 315 g/mol. The Morgan fingerprint density at radius 1 is 1.38 bits per heavy atom. The van der Waals surface area contributed by atoms with Crippen LogP contribution >= 0.6 is 0 Å². The van der Waals surface area contributed by atoms with E-state index in [-0.39, 0.29) is 18.2 Å². The Bertz CT molecular complexity index is 717. The number of aromatic amines is 1. The molecule has 1 atom stereocenters. The van der Waals surface area contributed by atoms with Crippen molar-refractivity contribution < 1.29 is 18.7 Å². The third kappa shape index (κ3) is 4.55. The molecule has 0 saturated heterocycles. The van der Waals surface area contributed by atoms with Crippen LogP contribution in [0.4, 0.5) is 4.39 Å². The minimum absolute atomic E-state index is 0.108. The molecule has 24 heavy (non-hydrogen) atoms. The highest BCUT2D eigenvalue weighted by molar-refractivity contribution is 5.96. The molecule has 7 nitrogen and oxygen atoms in total. The standard InChI is InChI=1S/C16H19FN4O3/c1-3-13(15(22)18-2)19-16(23)14-8-11(20-21-14)9-24-12-6-4-5-10(17)7-12/h4-8,13H,3,9H2,1-2H3,(H,18,22)(H,19,23)(H,20,21)/t13-/m0/s1. The average molecular weight is 334 g/mol. The third-order valence-corrected chi connectivity index (χ3v) is 3.33. The molecule has 8 heteroatoms. The van der Waals surface area contributed by atoms with Gasteiger partial charge >= 0.3 is 0 Å². The topological polar surface area (TPSA) is 96.1 Å². The van der Waals surface area contributed by atoms with Crippen LogP contribution in [0.3, 0.4) is 0 Å². The van der Waals surface area contributed by atoms with Gasteiger partial charge in [0.2, 0.25) is 5.91 Å². The van der Waals surface area contributed by atoms with E-state index < -0.39 is 17.8 Å². The summed E-state index contributed by atoms with van der Waals surface area (Å²) in [6.45, 7) is 1.90. The SMILES string of the molecule is CC[C@H](NC(=O)c1cc(COc2cccc(F)c2)[nH]n1)C(=O)NC. The number of benzene rings is 1. The van der Waals surface area contributed by atoms with E-state index in [4.69, 9.17) is 4.74 Å². The Balaban J connectivity index is 1.94. The van der Waals surface area contributed by atoms with Crippen LogP contribution in [0.15, 0.2) is 30.3 Å². The fourth-order valence-corrected chi connectivity index (χ4v) is 2.03. The van der Waals surface area contributed by atoms with Gasteiger partial charge in [-0.2, -0.15) is 5.10 Å². The Morgan fingerprint density at radius 2 is 2.17 bits per heavy atom. The summed E-state index contributed by atoms with van der Waals surface area (Å²) in [5.74, 6) is -0.743. The van der Waals surface area contributed by atoms with Crippen LogP contribution in [0.2, 0.25) is 0 Å². The molecule has 0 bridgehead atoms. The molecular formula is C16H19FN4O3. The molecule has 0 fully saturated rings. The molecule has 128 valence electrons. The van der Waals surface area contributed by atoms with E-state index in [2.05, 4.69) is 20.8 Å². The predicted octanol–water partition coefficient (Wildman–Crippen LogP) is 1.38. The smallest absolute Gasteiger partial charge is 0.272 e. The number of nitrogens with one attached hydrogen (secondary N) is 3. The average Bonchev–Trinajstić information content (AvgIpc) is 3.06. The van der Waals surface area contributed by atoms with Crippen molar-refractivity contribution >= 4 is 11.8 Å². The summed E-state index contributed by atoms with van der Waals surface area (Å²) < 4.78 is 18.5. The number of halogens is 1. The Morgan fingerprint density at radius 3 is 2.83 bits per heavy atom. The van der Waals surface area contributed by atoms with Crippen molar-refractivity contribution in [3.63, 3.8) is 0 Å². The lowest BCUT2D eigenvalue weighted by atomic mass is 10.2.